The van der Waals surface area contributed by atoms with Gasteiger partial charge in [-0.3, -0.25) is 4.40 Å². The van der Waals surface area contributed by atoms with Gasteiger partial charge in [-0.1, -0.05) is 11.2 Å². The molecule has 1 fully saturated rings. The maximum atomic E-state index is 5.36. The summed E-state index contributed by atoms with van der Waals surface area (Å²) in [5.74, 6) is 1.87. The van der Waals surface area contributed by atoms with Crippen molar-refractivity contribution in [3.63, 3.8) is 0 Å². The van der Waals surface area contributed by atoms with Gasteiger partial charge < -0.3 is 14.6 Å². The van der Waals surface area contributed by atoms with Gasteiger partial charge in [0.1, 0.15) is 0 Å². The van der Waals surface area contributed by atoms with Crippen LogP contribution in [0.5, 0.6) is 0 Å². The van der Waals surface area contributed by atoms with Crippen LogP contribution in [0.3, 0.4) is 0 Å². The highest BCUT2D eigenvalue weighted by Crippen LogP contribution is 2.25. The van der Waals surface area contributed by atoms with E-state index in [4.69, 9.17) is 9.26 Å². The van der Waals surface area contributed by atoms with Crippen LogP contribution in [0.2, 0.25) is 0 Å². The van der Waals surface area contributed by atoms with Crippen LogP contribution >= 0.6 is 0 Å². The van der Waals surface area contributed by atoms with Crippen molar-refractivity contribution in [1.82, 2.24) is 24.7 Å². The Morgan fingerprint density at radius 3 is 3.00 bits per heavy atom. The first-order valence-corrected chi connectivity index (χ1v) is 7.75. The maximum Gasteiger partial charge on any atom is 0.321 e. The number of aryl methyl sites for hydroxylation is 1. The van der Waals surface area contributed by atoms with E-state index in [0.29, 0.717) is 18.5 Å². The highest BCUT2D eigenvalue weighted by Gasteiger charge is 2.21. The summed E-state index contributed by atoms with van der Waals surface area (Å²) in [7, 11) is 0. The zero-order valence-corrected chi connectivity index (χ0v) is 12.9. The fourth-order valence-corrected chi connectivity index (χ4v) is 2.75. The van der Waals surface area contributed by atoms with Crippen molar-refractivity contribution in [2.75, 3.05) is 18.5 Å². The van der Waals surface area contributed by atoms with Gasteiger partial charge in [-0.15, -0.1) is 10.2 Å². The lowest BCUT2D eigenvalue weighted by Crippen LogP contribution is -2.15. The summed E-state index contributed by atoms with van der Waals surface area (Å²) in [5, 5.41) is 15.5. The molecule has 8 heteroatoms. The molecule has 1 N–H and O–H groups in total. The molecule has 4 heterocycles. The second-order valence-corrected chi connectivity index (χ2v) is 5.75. The molecule has 0 spiro atoms. The quantitative estimate of drug-likeness (QED) is 0.786. The smallest absolute Gasteiger partial charge is 0.321 e. The Morgan fingerprint density at radius 1 is 1.26 bits per heavy atom. The number of pyridine rings is 1. The van der Waals surface area contributed by atoms with E-state index >= 15 is 0 Å². The number of aromatic nitrogens is 5. The third-order valence-corrected chi connectivity index (χ3v) is 4.05. The van der Waals surface area contributed by atoms with Gasteiger partial charge in [0, 0.05) is 25.3 Å². The first-order valence-electron chi connectivity index (χ1n) is 7.75. The average Bonchev–Trinajstić information content (AvgIpc) is 3.20. The molecule has 0 aromatic carbocycles. The van der Waals surface area contributed by atoms with Crippen LogP contribution in [0, 0.1) is 6.92 Å². The number of hydrogen-bond donors (Lipinski definition) is 1. The van der Waals surface area contributed by atoms with Gasteiger partial charge in [0.05, 0.1) is 6.54 Å². The van der Waals surface area contributed by atoms with Crippen molar-refractivity contribution in [2.45, 2.75) is 32.2 Å². The molecule has 0 saturated carbocycles. The normalized spacial score (nSPS) is 16.0. The standard InChI is InChI=1S/C15H18N6O2/c1-10-2-3-12-18-19-13(21(12)9-10)8-16-15-17-14(20-23-15)11-4-6-22-7-5-11/h2-3,9,11H,4-8H2,1H3,(H,16,17,20). The summed E-state index contributed by atoms with van der Waals surface area (Å²) >= 11 is 0. The van der Waals surface area contributed by atoms with Crippen molar-refractivity contribution >= 4 is 11.7 Å². The number of ether oxygens (including phenoxy) is 1. The molecular formula is C15H18N6O2. The first-order chi connectivity index (χ1) is 11.3. The average molecular weight is 314 g/mol. The zero-order chi connectivity index (χ0) is 15.6. The molecule has 3 aromatic heterocycles. The van der Waals surface area contributed by atoms with Crippen molar-refractivity contribution in [3.8, 4) is 0 Å². The minimum absolute atomic E-state index is 0.319. The van der Waals surface area contributed by atoms with E-state index in [1.54, 1.807) is 0 Å². The molecule has 0 bridgehead atoms. The lowest BCUT2D eigenvalue weighted by Gasteiger charge is -2.18. The number of nitrogens with zero attached hydrogens (tertiary/aromatic N) is 5. The zero-order valence-electron chi connectivity index (χ0n) is 12.9. The fourth-order valence-electron chi connectivity index (χ4n) is 2.75. The van der Waals surface area contributed by atoms with Gasteiger partial charge in [-0.2, -0.15) is 4.98 Å². The summed E-state index contributed by atoms with van der Waals surface area (Å²) < 4.78 is 12.6. The van der Waals surface area contributed by atoms with Gasteiger partial charge in [-0.25, -0.2) is 0 Å². The molecule has 120 valence electrons. The largest absolute Gasteiger partial charge is 0.381 e. The fraction of sp³-hybridized carbons (Fsp3) is 0.467. The second-order valence-electron chi connectivity index (χ2n) is 5.75. The lowest BCUT2D eigenvalue weighted by molar-refractivity contribution is 0.0830. The van der Waals surface area contributed by atoms with Crippen LogP contribution in [0.25, 0.3) is 5.65 Å². The Bertz CT molecular complexity index is 805. The van der Waals surface area contributed by atoms with Crippen molar-refractivity contribution < 1.29 is 9.26 Å². The second kappa shape index (κ2) is 5.96. The Morgan fingerprint density at radius 2 is 2.13 bits per heavy atom. The number of anilines is 1. The molecule has 1 saturated heterocycles. The summed E-state index contributed by atoms with van der Waals surface area (Å²) in [6, 6.07) is 4.37. The van der Waals surface area contributed by atoms with Crippen molar-refractivity contribution in [3.05, 3.63) is 35.5 Å². The van der Waals surface area contributed by atoms with E-state index in [0.717, 1.165) is 48.9 Å². The predicted octanol–water partition coefficient (Wildman–Crippen LogP) is 1.93. The third-order valence-electron chi connectivity index (χ3n) is 4.05. The van der Waals surface area contributed by atoms with Crippen LogP contribution in [-0.2, 0) is 11.3 Å². The SMILES string of the molecule is Cc1ccc2nnc(CNc3nc(C4CCOCC4)no3)n2c1. The number of fused-ring (bicyclic) bond motifs is 1. The van der Waals surface area contributed by atoms with E-state index < -0.39 is 0 Å². The van der Waals surface area contributed by atoms with E-state index in [-0.39, 0.29) is 0 Å². The summed E-state index contributed by atoms with van der Waals surface area (Å²) in [5.41, 5.74) is 1.97. The molecule has 0 amide bonds. The molecule has 8 nitrogen and oxygen atoms in total. The highest BCUT2D eigenvalue weighted by molar-refractivity contribution is 5.39. The number of rotatable bonds is 4. The first kappa shape index (κ1) is 14.1. The maximum absolute atomic E-state index is 5.36. The van der Waals surface area contributed by atoms with E-state index in [9.17, 15) is 0 Å². The number of nitrogens with one attached hydrogen (secondary N) is 1. The minimum atomic E-state index is 0.319. The van der Waals surface area contributed by atoms with Crippen LogP contribution < -0.4 is 5.32 Å². The van der Waals surface area contributed by atoms with Gasteiger partial charge in [-0.05, 0) is 31.4 Å². The Labute approximate surface area is 132 Å². The topological polar surface area (TPSA) is 90.4 Å². The summed E-state index contributed by atoms with van der Waals surface area (Å²) in [4.78, 5) is 4.43. The van der Waals surface area contributed by atoms with Gasteiger partial charge in [0.2, 0.25) is 0 Å². The monoisotopic (exact) mass is 314 g/mol. The molecular weight excluding hydrogens is 296 g/mol. The Kier molecular flexibility index (Phi) is 3.66. The molecule has 3 aromatic rings. The lowest BCUT2D eigenvalue weighted by atomic mass is 10.00. The Balaban J connectivity index is 1.46. The molecule has 23 heavy (non-hydrogen) atoms. The van der Waals surface area contributed by atoms with Crippen molar-refractivity contribution in [2.24, 2.45) is 0 Å². The van der Waals surface area contributed by atoms with Gasteiger partial charge >= 0.3 is 6.01 Å². The molecule has 1 aliphatic heterocycles. The molecule has 1 aliphatic rings. The van der Waals surface area contributed by atoms with E-state index in [1.807, 2.05) is 29.7 Å². The van der Waals surface area contributed by atoms with E-state index in [1.165, 1.54) is 0 Å². The predicted molar refractivity (Wildman–Crippen MR) is 82.1 cm³/mol. The molecule has 0 aliphatic carbocycles. The molecule has 4 rings (SSSR count). The summed E-state index contributed by atoms with van der Waals surface area (Å²) in [6.07, 6.45) is 3.88. The van der Waals surface area contributed by atoms with Gasteiger partial charge in [0.25, 0.3) is 0 Å². The van der Waals surface area contributed by atoms with Gasteiger partial charge in [0.15, 0.2) is 17.3 Å². The van der Waals surface area contributed by atoms with Crippen LogP contribution in [-0.4, -0.2) is 38.0 Å². The Hall–Kier alpha value is -2.48. The molecule has 0 atom stereocenters. The highest BCUT2D eigenvalue weighted by atomic mass is 16.5. The number of hydrogen-bond acceptors (Lipinski definition) is 7. The van der Waals surface area contributed by atoms with Crippen LogP contribution in [0.15, 0.2) is 22.9 Å². The van der Waals surface area contributed by atoms with E-state index in [2.05, 4.69) is 25.7 Å². The van der Waals surface area contributed by atoms with Crippen LogP contribution in [0.4, 0.5) is 6.01 Å². The minimum Gasteiger partial charge on any atom is -0.381 e. The third kappa shape index (κ3) is 2.89. The van der Waals surface area contributed by atoms with Crippen LogP contribution in [0.1, 0.15) is 36.0 Å². The van der Waals surface area contributed by atoms with Crippen molar-refractivity contribution in [1.29, 1.82) is 0 Å². The molecule has 0 unspecified atom stereocenters. The molecule has 0 radical (unpaired) electrons. The summed E-state index contributed by atoms with van der Waals surface area (Å²) in [6.45, 7) is 4.02.